The molecule has 1 saturated heterocycles. The van der Waals surface area contributed by atoms with Crippen LogP contribution in [0.15, 0.2) is 30.3 Å². The first-order chi connectivity index (χ1) is 7.74. The molecular formula is C12H10ClNO2. The quantitative estimate of drug-likeness (QED) is 0.419. The minimum Gasteiger partial charge on any atom is -0.368 e. The number of amides is 1. The fraction of sp³-hybridized carbons (Fsp3) is 0.250. The van der Waals surface area contributed by atoms with Crippen LogP contribution in [0.2, 0.25) is 0 Å². The summed E-state index contributed by atoms with van der Waals surface area (Å²) in [6.07, 6.45) is -0.534. The Hall–Kier alpha value is -1.50. The number of ether oxygens (including phenoxy) is 1. The molecule has 2 atom stereocenters. The van der Waals surface area contributed by atoms with Crippen LogP contribution in [0, 0.1) is 11.8 Å². The Balaban J connectivity index is 2.11. The Morgan fingerprint density at radius 2 is 2.06 bits per heavy atom. The maximum atomic E-state index is 11.2. The molecule has 82 valence electrons. The van der Waals surface area contributed by atoms with E-state index in [0.29, 0.717) is 0 Å². The summed E-state index contributed by atoms with van der Waals surface area (Å²) >= 11 is 5.71. The first kappa shape index (κ1) is 11.0. The van der Waals surface area contributed by atoms with Gasteiger partial charge in [0.1, 0.15) is 6.04 Å². The molecule has 2 rings (SSSR count). The van der Waals surface area contributed by atoms with Gasteiger partial charge in [-0.3, -0.25) is 4.79 Å². The number of methoxy groups -OCH3 is 1. The van der Waals surface area contributed by atoms with Crippen molar-refractivity contribution in [2.45, 2.75) is 12.1 Å². The van der Waals surface area contributed by atoms with E-state index in [1.165, 1.54) is 7.11 Å². The van der Waals surface area contributed by atoms with E-state index in [4.69, 9.17) is 16.5 Å². The average Bonchev–Trinajstić information content (AvgIpc) is 2.34. The van der Waals surface area contributed by atoms with Crippen molar-refractivity contribution in [1.82, 2.24) is 4.42 Å². The zero-order valence-electron chi connectivity index (χ0n) is 8.68. The predicted octanol–water partition coefficient (Wildman–Crippen LogP) is 1.42. The highest BCUT2D eigenvalue weighted by Gasteiger charge is 2.46. The van der Waals surface area contributed by atoms with E-state index < -0.39 is 6.10 Å². The van der Waals surface area contributed by atoms with Gasteiger partial charge in [-0.2, -0.15) is 0 Å². The fourth-order valence-electron chi connectivity index (χ4n) is 1.47. The van der Waals surface area contributed by atoms with E-state index in [2.05, 4.69) is 11.8 Å². The van der Waals surface area contributed by atoms with Gasteiger partial charge in [0.05, 0.1) is 0 Å². The van der Waals surface area contributed by atoms with Crippen LogP contribution in [0.25, 0.3) is 0 Å². The molecule has 1 aliphatic heterocycles. The molecule has 16 heavy (non-hydrogen) atoms. The zero-order valence-corrected chi connectivity index (χ0v) is 9.44. The van der Waals surface area contributed by atoms with Crippen LogP contribution in [0.1, 0.15) is 5.56 Å². The molecule has 1 amide bonds. The third-order valence-corrected chi connectivity index (χ3v) is 2.75. The van der Waals surface area contributed by atoms with Crippen molar-refractivity contribution in [3.8, 4) is 11.8 Å². The van der Waals surface area contributed by atoms with E-state index in [-0.39, 0.29) is 11.9 Å². The standard InChI is InChI=1S/C12H10ClNO2/c1-16-11-10(14(13)12(11)15)8-7-9-5-3-2-4-6-9/h2-6,10-11H,1H3/t10-,11+/m0/s1. The number of carbonyl (C=O) groups is 1. The summed E-state index contributed by atoms with van der Waals surface area (Å²) < 4.78 is 6.07. The van der Waals surface area contributed by atoms with Gasteiger partial charge in [0.2, 0.25) is 0 Å². The smallest absolute Gasteiger partial charge is 0.270 e. The number of carbonyl (C=O) groups excluding carboxylic acids is 1. The van der Waals surface area contributed by atoms with Crippen LogP contribution in [0.4, 0.5) is 0 Å². The first-order valence-corrected chi connectivity index (χ1v) is 5.16. The highest BCUT2D eigenvalue weighted by atomic mass is 35.5. The molecule has 0 aliphatic carbocycles. The average molecular weight is 236 g/mol. The second-order valence-electron chi connectivity index (χ2n) is 3.39. The Bertz CT molecular complexity index is 449. The lowest BCUT2D eigenvalue weighted by atomic mass is 10.0. The Morgan fingerprint density at radius 3 is 2.69 bits per heavy atom. The summed E-state index contributed by atoms with van der Waals surface area (Å²) in [5.41, 5.74) is 0.891. The number of hydrogen-bond acceptors (Lipinski definition) is 2. The summed E-state index contributed by atoms with van der Waals surface area (Å²) in [6.45, 7) is 0. The SMILES string of the molecule is CO[C@H]1C(=O)N(Cl)[C@H]1C#Cc1ccccc1. The molecule has 0 aromatic heterocycles. The van der Waals surface area contributed by atoms with Crippen molar-refractivity contribution in [3.63, 3.8) is 0 Å². The number of β-lactam (4-membered cyclic amide) rings is 1. The van der Waals surface area contributed by atoms with Gasteiger partial charge in [-0.05, 0) is 12.1 Å². The summed E-state index contributed by atoms with van der Waals surface area (Å²) in [7, 11) is 1.48. The van der Waals surface area contributed by atoms with Crippen LogP contribution in [-0.2, 0) is 9.53 Å². The molecule has 1 fully saturated rings. The summed E-state index contributed by atoms with van der Waals surface area (Å²) in [6, 6.07) is 9.16. The predicted molar refractivity (Wildman–Crippen MR) is 60.6 cm³/mol. The second kappa shape index (κ2) is 4.56. The first-order valence-electron chi connectivity index (χ1n) is 4.82. The Labute approximate surface area is 99.1 Å². The fourth-order valence-corrected chi connectivity index (χ4v) is 1.72. The van der Waals surface area contributed by atoms with Gasteiger partial charge < -0.3 is 4.74 Å². The molecule has 4 heteroatoms. The van der Waals surface area contributed by atoms with Crippen molar-refractivity contribution in [2.24, 2.45) is 0 Å². The highest BCUT2D eigenvalue weighted by molar-refractivity contribution is 6.25. The molecule has 0 radical (unpaired) electrons. The third-order valence-electron chi connectivity index (χ3n) is 2.38. The lowest BCUT2D eigenvalue weighted by Gasteiger charge is -2.37. The van der Waals surface area contributed by atoms with E-state index in [0.717, 1.165) is 9.98 Å². The maximum Gasteiger partial charge on any atom is 0.270 e. The molecule has 1 heterocycles. The van der Waals surface area contributed by atoms with Gasteiger partial charge >= 0.3 is 0 Å². The van der Waals surface area contributed by atoms with E-state index in [1.807, 2.05) is 30.3 Å². The highest BCUT2D eigenvalue weighted by Crippen LogP contribution is 2.24. The molecule has 1 aromatic rings. The Morgan fingerprint density at radius 1 is 1.38 bits per heavy atom. The molecule has 0 N–H and O–H groups in total. The van der Waals surface area contributed by atoms with Gasteiger partial charge in [0.25, 0.3) is 5.91 Å². The van der Waals surface area contributed by atoms with Gasteiger partial charge in [0, 0.05) is 24.4 Å². The normalized spacial score (nSPS) is 23.4. The topological polar surface area (TPSA) is 29.5 Å². The van der Waals surface area contributed by atoms with Gasteiger partial charge in [0.15, 0.2) is 6.10 Å². The zero-order chi connectivity index (χ0) is 11.5. The third kappa shape index (κ3) is 1.90. The van der Waals surface area contributed by atoms with Crippen LogP contribution < -0.4 is 0 Å². The number of rotatable bonds is 1. The van der Waals surface area contributed by atoms with Crippen LogP contribution >= 0.6 is 11.8 Å². The molecule has 0 unspecified atom stereocenters. The lowest BCUT2D eigenvalue weighted by molar-refractivity contribution is -0.154. The minimum absolute atomic E-state index is 0.239. The van der Waals surface area contributed by atoms with Crippen LogP contribution in [0.3, 0.4) is 0 Å². The van der Waals surface area contributed by atoms with E-state index in [9.17, 15) is 4.79 Å². The van der Waals surface area contributed by atoms with Crippen LogP contribution in [-0.4, -0.2) is 29.6 Å². The van der Waals surface area contributed by atoms with E-state index >= 15 is 0 Å². The summed E-state index contributed by atoms with van der Waals surface area (Å²) in [5, 5.41) is 0. The molecule has 3 nitrogen and oxygen atoms in total. The number of nitrogens with zero attached hydrogens (tertiary/aromatic N) is 1. The van der Waals surface area contributed by atoms with Crippen molar-refractivity contribution < 1.29 is 9.53 Å². The molecule has 0 saturated carbocycles. The Kier molecular flexibility index (Phi) is 3.14. The molecule has 0 bridgehead atoms. The van der Waals surface area contributed by atoms with Crippen molar-refractivity contribution in [1.29, 1.82) is 0 Å². The lowest BCUT2D eigenvalue weighted by Crippen LogP contribution is -2.60. The van der Waals surface area contributed by atoms with Crippen LogP contribution in [0.5, 0.6) is 0 Å². The molecule has 0 spiro atoms. The summed E-state index contributed by atoms with van der Waals surface area (Å²) in [4.78, 5) is 11.2. The van der Waals surface area contributed by atoms with Crippen molar-refractivity contribution >= 4 is 17.7 Å². The van der Waals surface area contributed by atoms with Gasteiger partial charge in [-0.25, -0.2) is 4.42 Å². The maximum absolute atomic E-state index is 11.2. The monoisotopic (exact) mass is 235 g/mol. The number of hydrogen-bond donors (Lipinski definition) is 0. The summed E-state index contributed by atoms with van der Waals surface area (Å²) in [5.74, 6) is 5.63. The van der Waals surface area contributed by atoms with Gasteiger partial charge in [-0.1, -0.05) is 30.0 Å². The minimum atomic E-state index is -0.534. The number of benzene rings is 1. The molecule has 1 aliphatic rings. The largest absolute Gasteiger partial charge is 0.368 e. The molecule has 1 aromatic carbocycles. The number of halogens is 1. The van der Waals surface area contributed by atoms with E-state index in [1.54, 1.807) is 0 Å². The van der Waals surface area contributed by atoms with Gasteiger partial charge in [-0.15, -0.1) is 0 Å². The molecular weight excluding hydrogens is 226 g/mol. The second-order valence-corrected chi connectivity index (χ2v) is 3.75. The van der Waals surface area contributed by atoms with Crippen molar-refractivity contribution in [3.05, 3.63) is 35.9 Å². The van der Waals surface area contributed by atoms with Crippen molar-refractivity contribution in [2.75, 3.05) is 7.11 Å².